The molecule has 0 saturated carbocycles. The first-order valence-corrected chi connectivity index (χ1v) is 8.85. The zero-order chi connectivity index (χ0) is 20.8. The lowest BCUT2D eigenvalue weighted by Gasteiger charge is -2.08. The van der Waals surface area contributed by atoms with Crippen LogP contribution in [0.5, 0.6) is 5.75 Å². The van der Waals surface area contributed by atoms with Crippen LogP contribution in [0, 0.1) is 0 Å². The first-order chi connectivity index (χ1) is 13.9. The number of ether oxygens (including phenoxy) is 1. The Hall–Kier alpha value is -3.94. The molecule has 1 heterocycles. The van der Waals surface area contributed by atoms with Crippen LogP contribution in [0.15, 0.2) is 59.4 Å². The van der Waals surface area contributed by atoms with E-state index in [-0.39, 0.29) is 11.6 Å². The van der Waals surface area contributed by atoms with Gasteiger partial charge in [-0.15, -0.1) is 0 Å². The summed E-state index contributed by atoms with van der Waals surface area (Å²) in [6.45, 7) is 1.41. The summed E-state index contributed by atoms with van der Waals surface area (Å²) < 4.78 is 5.12. The number of hydrogen-bond donors (Lipinski definition) is 3. The van der Waals surface area contributed by atoms with Crippen molar-refractivity contribution in [1.82, 2.24) is 9.97 Å². The molecule has 3 aromatic rings. The third-order valence-electron chi connectivity index (χ3n) is 4.02. The largest absolute Gasteiger partial charge is 0.497 e. The molecule has 148 valence electrons. The number of carbonyl (C=O) groups excluding carboxylic acids is 2. The van der Waals surface area contributed by atoms with Gasteiger partial charge in [-0.2, -0.15) is 0 Å². The number of methoxy groups -OCH3 is 1. The maximum absolute atomic E-state index is 12.5. The Balaban J connectivity index is 1.73. The quantitative estimate of drug-likeness (QED) is 0.597. The Morgan fingerprint density at radius 1 is 1.00 bits per heavy atom. The van der Waals surface area contributed by atoms with Gasteiger partial charge < -0.3 is 20.4 Å². The average Bonchev–Trinajstić information content (AvgIpc) is 2.69. The molecule has 0 fully saturated rings. The fourth-order valence-corrected chi connectivity index (χ4v) is 2.68. The highest BCUT2D eigenvalue weighted by atomic mass is 16.5. The van der Waals surface area contributed by atoms with E-state index in [9.17, 15) is 14.4 Å². The van der Waals surface area contributed by atoms with Crippen LogP contribution in [0.2, 0.25) is 0 Å². The van der Waals surface area contributed by atoms with Gasteiger partial charge in [0.15, 0.2) is 0 Å². The molecule has 0 atom stereocenters. The molecule has 2 amide bonds. The van der Waals surface area contributed by atoms with Crippen LogP contribution in [0.3, 0.4) is 0 Å². The number of nitrogens with zero attached hydrogens (tertiary/aromatic N) is 1. The highest BCUT2D eigenvalue weighted by Gasteiger charge is 2.11. The topological polar surface area (TPSA) is 113 Å². The van der Waals surface area contributed by atoms with E-state index in [2.05, 4.69) is 20.6 Å². The van der Waals surface area contributed by atoms with Crippen molar-refractivity contribution >= 4 is 23.2 Å². The second-order valence-corrected chi connectivity index (χ2v) is 6.31. The van der Waals surface area contributed by atoms with Gasteiger partial charge in [-0.1, -0.05) is 12.1 Å². The molecule has 0 aliphatic carbocycles. The van der Waals surface area contributed by atoms with Crippen LogP contribution < -0.4 is 20.9 Å². The number of carbonyl (C=O) groups is 2. The minimum Gasteiger partial charge on any atom is -0.497 e. The second-order valence-electron chi connectivity index (χ2n) is 6.31. The van der Waals surface area contributed by atoms with Gasteiger partial charge in [-0.05, 0) is 42.0 Å². The summed E-state index contributed by atoms with van der Waals surface area (Å²) in [6.07, 6.45) is 0.367. The first-order valence-electron chi connectivity index (χ1n) is 8.85. The van der Waals surface area contributed by atoms with E-state index >= 15 is 0 Å². The van der Waals surface area contributed by atoms with E-state index in [0.717, 1.165) is 17.4 Å². The lowest BCUT2D eigenvalue weighted by Crippen LogP contribution is -2.20. The standard InChI is InChI=1S/C21H20N4O4/c1-13(26)22-15-5-7-16(8-6-15)23-21(28)18-12-20(27)25-19(24-18)11-14-3-9-17(29-2)10-4-14/h3-10,12H,11H2,1-2H3,(H,22,26)(H,23,28)(H,24,25,27). The predicted molar refractivity (Wildman–Crippen MR) is 109 cm³/mol. The van der Waals surface area contributed by atoms with E-state index < -0.39 is 11.5 Å². The maximum atomic E-state index is 12.5. The second kappa shape index (κ2) is 8.83. The molecule has 0 unspecified atom stereocenters. The summed E-state index contributed by atoms with van der Waals surface area (Å²) in [4.78, 5) is 42.5. The molecule has 29 heavy (non-hydrogen) atoms. The Morgan fingerprint density at radius 2 is 1.62 bits per heavy atom. The zero-order valence-corrected chi connectivity index (χ0v) is 16.0. The van der Waals surface area contributed by atoms with Crippen LogP contribution in [0.1, 0.15) is 28.8 Å². The van der Waals surface area contributed by atoms with Crippen molar-refractivity contribution in [2.45, 2.75) is 13.3 Å². The van der Waals surface area contributed by atoms with Crippen molar-refractivity contribution in [3.05, 3.63) is 82.0 Å². The van der Waals surface area contributed by atoms with Gasteiger partial charge >= 0.3 is 0 Å². The Labute approximate surface area is 167 Å². The molecular formula is C21H20N4O4. The Bertz CT molecular complexity index is 1070. The van der Waals surface area contributed by atoms with E-state index in [1.807, 2.05) is 24.3 Å². The third kappa shape index (κ3) is 5.52. The number of rotatable bonds is 6. The van der Waals surface area contributed by atoms with Crippen LogP contribution >= 0.6 is 0 Å². The molecule has 0 bridgehead atoms. The van der Waals surface area contributed by atoms with E-state index in [1.54, 1.807) is 31.4 Å². The average molecular weight is 392 g/mol. The molecular weight excluding hydrogens is 372 g/mol. The van der Waals surface area contributed by atoms with Crippen LogP contribution in [-0.4, -0.2) is 28.9 Å². The molecule has 3 N–H and O–H groups in total. The lowest BCUT2D eigenvalue weighted by molar-refractivity contribution is -0.114. The number of hydrogen-bond acceptors (Lipinski definition) is 5. The SMILES string of the molecule is COc1ccc(Cc2nc(C(=O)Nc3ccc(NC(C)=O)cc3)cc(=O)[nH]2)cc1. The van der Waals surface area contributed by atoms with E-state index in [1.165, 1.54) is 6.92 Å². The molecule has 1 aromatic heterocycles. The van der Waals surface area contributed by atoms with Gasteiger partial charge in [0, 0.05) is 30.8 Å². The number of amides is 2. The fraction of sp³-hybridized carbons (Fsp3) is 0.143. The van der Waals surface area contributed by atoms with Crippen molar-refractivity contribution in [2.75, 3.05) is 17.7 Å². The maximum Gasteiger partial charge on any atom is 0.274 e. The summed E-state index contributed by atoms with van der Waals surface area (Å²) in [5.74, 6) is 0.430. The van der Waals surface area contributed by atoms with Crippen LogP contribution in [0.25, 0.3) is 0 Å². The van der Waals surface area contributed by atoms with Gasteiger partial charge in [0.1, 0.15) is 17.3 Å². The third-order valence-corrected chi connectivity index (χ3v) is 4.02. The molecule has 2 aromatic carbocycles. The Morgan fingerprint density at radius 3 is 2.21 bits per heavy atom. The molecule has 0 aliphatic rings. The molecule has 8 nitrogen and oxygen atoms in total. The summed E-state index contributed by atoms with van der Waals surface area (Å²) in [7, 11) is 1.59. The molecule has 0 radical (unpaired) electrons. The van der Waals surface area contributed by atoms with Crippen LogP contribution in [0.4, 0.5) is 11.4 Å². The summed E-state index contributed by atoms with van der Waals surface area (Å²) in [5.41, 5.74) is 1.66. The minimum atomic E-state index is -0.501. The monoisotopic (exact) mass is 392 g/mol. The van der Waals surface area contributed by atoms with E-state index in [4.69, 9.17) is 4.74 Å². The van der Waals surface area contributed by atoms with Crippen molar-refractivity contribution in [1.29, 1.82) is 0 Å². The predicted octanol–water partition coefficient (Wildman–Crippen LogP) is 2.58. The van der Waals surface area contributed by atoms with Crippen molar-refractivity contribution in [3.8, 4) is 5.75 Å². The first kappa shape index (κ1) is 19.8. The Kier molecular flexibility index (Phi) is 6.03. The van der Waals surface area contributed by atoms with Crippen molar-refractivity contribution in [2.24, 2.45) is 0 Å². The summed E-state index contributed by atoms with van der Waals surface area (Å²) >= 11 is 0. The zero-order valence-electron chi connectivity index (χ0n) is 16.0. The molecule has 8 heteroatoms. The molecule has 0 aliphatic heterocycles. The van der Waals surface area contributed by atoms with Crippen molar-refractivity contribution < 1.29 is 14.3 Å². The van der Waals surface area contributed by atoms with Gasteiger partial charge in [0.2, 0.25) is 5.91 Å². The van der Waals surface area contributed by atoms with Gasteiger partial charge in [-0.3, -0.25) is 14.4 Å². The minimum absolute atomic E-state index is 0.0169. The highest BCUT2D eigenvalue weighted by Crippen LogP contribution is 2.15. The lowest BCUT2D eigenvalue weighted by atomic mass is 10.1. The van der Waals surface area contributed by atoms with Gasteiger partial charge in [0.05, 0.1) is 7.11 Å². The van der Waals surface area contributed by atoms with Gasteiger partial charge in [-0.25, -0.2) is 4.98 Å². The number of benzene rings is 2. The molecule has 0 saturated heterocycles. The van der Waals surface area contributed by atoms with E-state index in [0.29, 0.717) is 23.6 Å². The smallest absolute Gasteiger partial charge is 0.274 e. The number of nitrogens with one attached hydrogen (secondary N) is 3. The molecule has 3 rings (SSSR count). The fourth-order valence-electron chi connectivity index (χ4n) is 2.68. The molecule has 0 spiro atoms. The summed E-state index contributed by atoms with van der Waals surface area (Å²) in [5, 5.41) is 5.33. The highest BCUT2D eigenvalue weighted by molar-refractivity contribution is 6.03. The number of anilines is 2. The normalized spacial score (nSPS) is 10.3. The number of aromatic amines is 1. The van der Waals surface area contributed by atoms with Crippen LogP contribution in [-0.2, 0) is 11.2 Å². The number of aromatic nitrogens is 2. The van der Waals surface area contributed by atoms with Crippen molar-refractivity contribution in [3.63, 3.8) is 0 Å². The number of H-pyrrole nitrogens is 1. The summed E-state index contributed by atoms with van der Waals surface area (Å²) in [6, 6.07) is 15.1. The van der Waals surface area contributed by atoms with Gasteiger partial charge in [0.25, 0.3) is 11.5 Å².